The van der Waals surface area contributed by atoms with Gasteiger partial charge in [0.25, 0.3) is 5.91 Å². The van der Waals surface area contributed by atoms with Crippen LogP contribution in [0.1, 0.15) is 49.4 Å². The van der Waals surface area contributed by atoms with Gasteiger partial charge in [0.05, 0.1) is 19.2 Å². The quantitative estimate of drug-likeness (QED) is 0.698. The summed E-state index contributed by atoms with van der Waals surface area (Å²) in [7, 11) is 1.25. The van der Waals surface area contributed by atoms with Crippen molar-refractivity contribution in [1.82, 2.24) is 20.1 Å². The Morgan fingerprint density at radius 2 is 1.90 bits per heavy atom. The van der Waals surface area contributed by atoms with E-state index >= 15 is 0 Å². The van der Waals surface area contributed by atoms with Crippen LogP contribution in [0.5, 0.6) is 0 Å². The molecule has 3 rings (SSSR count). The summed E-state index contributed by atoms with van der Waals surface area (Å²) >= 11 is 0. The molecule has 1 saturated heterocycles. The lowest BCUT2D eigenvalue weighted by atomic mass is 9.87. The summed E-state index contributed by atoms with van der Waals surface area (Å²) in [5.74, 6) is -1.42. The fraction of sp³-hybridized carbons (Fsp3) is 0.591. The maximum atomic E-state index is 13.2. The molecular formula is C22H30N4O5. The third kappa shape index (κ3) is 5.39. The van der Waals surface area contributed by atoms with Crippen LogP contribution in [-0.2, 0) is 19.1 Å². The fourth-order valence-corrected chi connectivity index (χ4v) is 4.26. The summed E-state index contributed by atoms with van der Waals surface area (Å²) in [4.78, 5) is 58.1. The van der Waals surface area contributed by atoms with E-state index < -0.39 is 24.0 Å². The SMILES string of the molecule is COC(=O)[C@@H](C)NC(=O)[C@@H]1CN(C(=O)c2cccnc2)CCN1C(=O)C1CCCCC1. The zero-order chi connectivity index (χ0) is 22.4. The molecule has 168 valence electrons. The topological polar surface area (TPSA) is 109 Å². The molecule has 0 aromatic carbocycles. The van der Waals surface area contributed by atoms with Crippen LogP contribution in [0.15, 0.2) is 24.5 Å². The van der Waals surface area contributed by atoms with E-state index in [2.05, 4.69) is 15.0 Å². The Hall–Kier alpha value is -2.97. The molecule has 2 fully saturated rings. The van der Waals surface area contributed by atoms with E-state index in [4.69, 9.17) is 0 Å². The van der Waals surface area contributed by atoms with Gasteiger partial charge in [-0.05, 0) is 31.9 Å². The summed E-state index contributed by atoms with van der Waals surface area (Å²) < 4.78 is 4.68. The number of carbonyl (C=O) groups excluding carboxylic acids is 4. The Morgan fingerprint density at radius 1 is 1.16 bits per heavy atom. The molecule has 0 radical (unpaired) electrons. The van der Waals surface area contributed by atoms with Gasteiger partial charge in [0.1, 0.15) is 12.1 Å². The first-order valence-corrected chi connectivity index (χ1v) is 10.8. The number of pyridine rings is 1. The van der Waals surface area contributed by atoms with Gasteiger partial charge in [-0.3, -0.25) is 19.4 Å². The third-order valence-corrected chi connectivity index (χ3v) is 6.03. The molecule has 1 aliphatic carbocycles. The second-order valence-electron chi connectivity index (χ2n) is 8.13. The molecule has 31 heavy (non-hydrogen) atoms. The summed E-state index contributed by atoms with van der Waals surface area (Å²) in [6.45, 7) is 2.19. The van der Waals surface area contributed by atoms with Crippen LogP contribution in [0, 0.1) is 5.92 Å². The highest BCUT2D eigenvalue weighted by Crippen LogP contribution is 2.27. The zero-order valence-corrected chi connectivity index (χ0v) is 18.1. The van der Waals surface area contributed by atoms with Gasteiger partial charge in [-0.2, -0.15) is 0 Å². The molecule has 0 bridgehead atoms. The van der Waals surface area contributed by atoms with E-state index in [9.17, 15) is 19.2 Å². The van der Waals surface area contributed by atoms with Gasteiger partial charge in [0.15, 0.2) is 0 Å². The normalized spacial score (nSPS) is 20.6. The van der Waals surface area contributed by atoms with Crippen molar-refractivity contribution >= 4 is 23.7 Å². The van der Waals surface area contributed by atoms with Gasteiger partial charge in [-0.25, -0.2) is 4.79 Å². The van der Waals surface area contributed by atoms with Crippen molar-refractivity contribution < 1.29 is 23.9 Å². The number of methoxy groups -OCH3 is 1. The lowest BCUT2D eigenvalue weighted by molar-refractivity contribution is -0.149. The number of aromatic nitrogens is 1. The molecule has 1 N–H and O–H groups in total. The number of amides is 3. The second kappa shape index (κ2) is 10.4. The van der Waals surface area contributed by atoms with E-state index in [-0.39, 0.29) is 30.8 Å². The van der Waals surface area contributed by atoms with Crippen molar-refractivity contribution in [3.63, 3.8) is 0 Å². The Kier molecular flexibility index (Phi) is 7.59. The summed E-state index contributed by atoms with van der Waals surface area (Å²) in [6, 6.07) is 1.63. The van der Waals surface area contributed by atoms with Crippen molar-refractivity contribution in [1.29, 1.82) is 0 Å². The largest absolute Gasteiger partial charge is 0.467 e. The maximum Gasteiger partial charge on any atom is 0.328 e. The van der Waals surface area contributed by atoms with Crippen LogP contribution in [0.3, 0.4) is 0 Å². The van der Waals surface area contributed by atoms with Crippen LogP contribution in [-0.4, -0.2) is 77.3 Å². The van der Waals surface area contributed by atoms with Crippen molar-refractivity contribution in [2.45, 2.75) is 51.1 Å². The predicted molar refractivity (Wildman–Crippen MR) is 112 cm³/mol. The van der Waals surface area contributed by atoms with Crippen LogP contribution in [0.2, 0.25) is 0 Å². The Balaban J connectivity index is 1.78. The molecule has 2 heterocycles. The van der Waals surface area contributed by atoms with Crippen LogP contribution >= 0.6 is 0 Å². The van der Waals surface area contributed by atoms with E-state index in [1.807, 2.05) is 0 Å². The first-order valence-electron chi connectivity index (χ1n) is 10.8. The number of piperazine rings is 1. The number of esters is 1. The molecule has 9 nitrogen and oxygen atoms in total. The lowest BCUT2D eigenvalue weighted by Gasteiger charge is -2.42. The molecule has 9 heteroatoms. The minimum Gasteiger partial charge on any atom is -0.467 e. The highest BCUT2D eigenvalue weighted by Gasteiger charge is 2.40. The molecule has 2 aliphatic rings. The molecule has 2 atom stereocenters. The van der Waals surface area contributed by atoms with Gasteiger partial charge >= 0.3 is 5.97 Å². The molecule has 1 saturated carbocycles. The van der Waals surface area contributed by atoms with E-state index in [1.165, 1.54) is 20.2 Å². The number of ether oxygens (including phenoxy) is 1. The van der Waals surface area contributed by atoms with E-state index in [0.29, 0.717) is 12.1 Å². The Labute approximate surface area is 182 Å². The van der Waals surface area contributed by atoms with Gasteiger partial charge in [0, 0.05) is 31.4 Å². The van der Waals surface area contributed by atoms with Crippen molar-refractivity contribution in [2.75, 3.05) is 26.7 Å². The van der Waals surface area contributed by atoms with E-state index in [0.717, 1.165) is 32.1 Å². The highest BCUT2D eigenvalue weighted by molar-refractivity contribution is 5.96. The van der Waals surface area contributed by atoms with Crippen LogP contribution in [0.25, 0.3) is 0 Å². The van der Waals surface area contributed by atoms with Gasteiger partial charge in [0.2, 0.25) is 11.8 Å². The fourth-order valence-electron chi connectivity index (χ4n) is 4.26. The summed E-state index contributed by atoms with van der Waals surface area (Å²) in [6.07, 6.45) is 7.84. The van der Waals surface area contributed by atoms with Crippen molar-refractivity contribution in [3.05, 3.63) is 30.1 Å². The van der Waals surface area contributed by atoms with Gasteiger partial charge < -0.3 is 19.9 Å². The van der Waals surface area contributed by atoms with Crippen molar-refractivity contribution in [3.8, 4) is 0 Å². The highest BCUT2D eigenvalue weighted by atomic mass is 16.5. The number of carbonyl (C=O) groups is 4. The smallest absolute Gasteiger partial charge is 0.328 e. The first-order chi connectivity index (χ1) is 14.9. The molecular weight excluding hydrogens is 400 g/mol. The number of hydrogen-bond acceptors (Lipinski definition) is 6. The van der Waals surface area contributed by atoms with Gasteiger partial charge in [-0.15, -0.1) is 0 Å². The maximum absolute atomic E-state index is 13.2. The minimum atomic E-state index is -0.865. The zero-order valence-electron chi connectivity index (χ0n) is 18.1. The lowest BCUT2D eigenvalue weighted by Crippen LogP contribution is -2.63. The number of nitrogens with one attached hydrogen (secondary N) is 1. The number of rotatable bonds is 5. The monoisotopic (exact) mass is 430 g/mol. The number of hydrogen-bond donors (Lipinski definition) is 1. The molecule has 3 amide bonds. The predicted octanol–water partition coefficient (Wildman–Crippen LogP) is 0.993. The second-order valence-corrected chi connectivity index (χ2v) is 8.13. The summed E-state index contributed by atoms with van der Waals surface area (Å²) in [5.41, 5.74) is 0.427. The molecule has 1 aromatic heterocycles. The molecule has 1 aliphatic heterocycles. The third-order valence-electron chi connectivity index (χ3n) is 6.03. The summed E-state index contributed by atoms with van der Waals surface area (Å²) in [5, 5.41) is 2.63. The Morgan fingerprint density at radius 3 is 2.55 bits per heavy atom. The van der Waals surface area contributed by atoms with Crippen molar-refractivity contribution in [2.24, 2.45) is 5.92 Å². The Bertz CT molecular complexity index is 809. The average Bonchev–Trinajstić information content (AvgIpc) is 2.83. The van der Waals surface area contributed by atoms with Crippen LogP contribution < -0.4 is 5.32 Å². The van der Waals surface area contributed by atoms with E-state index in [1.54, 1.807) is 28.1 Å². The van der Waals surface area contributed by atoms with Crippen LogP contribution in [0.4, 0.5) is 0 Å². The molecule has 1 aromatic rings. The average molecular weight is 431 g/mol. The first kappa shape index (κ1) is 22.7. The standard InChI is InChI=1S/C22H30N4O5/c1-15(22(30)31-2)24-19(27)18-14-25(20(28)17-9-6-10-23-13-17)11-12-26(18)21(29)16-7-4-3-5-8-16/h6,9-10,13,15-16,18H,3-5,7-8,11-12,14H2,1-2H3,(H,24,27)/t15-,18+/m1/s1. The molecule has 0 unspecified atom stereocenters. The van der Waals surface area contributed by atoms with Gasteiger partial charge in [-0.1, -0.05) is 19.3 Å². The number of nitrogens with zero attached hydrogens (tertiary/aromatic N) is 3. The minimum absolute atomic E-state index is 0.0425. The molecule has 0 spiro atoms.